The fourth-order valence-corrected chi connectivity index (χ4v) is 2.19. The van der Waals surface area contributed by atoms with Crippen LogP contribution < -0.4 is 0 Å². The van der Waals surface area contributed by atoms with Crippen molar-refractivity contribution in [1.82, 2.24) is 0 Å². The van der Waals surface area contributed by atoms with Crippen molar-refractivity contribution in [2.24, 2.45) is 5.92 Å². The Bertz CT molecular complexity index is 271. The molecule has 0 aromatic carbocycles. The van der Waals surface area contributed by atoms with E-state index in [0.717, 1.165) is 19.3 Å². The molecule has 0 heteroatoms. The minimum Gasteiger partial charge on any atom is -0.103 e. The zero-order chi connectivity index (χ0) is 14.2. The normalized spacial score (nSPS) is 11.4. The SMILES string of the molecule is [C]#CCCCCCC(C#CCCCCCCC)CC. The van der Waals surface area contributed by atoms with Gasteiger partial charge in [-0.15, -0.1) is 5.92 Å². The smallest absolute Gasteiger partial charge is 0.0200 e. The molecule has 0 aliphatic heterocycles. The third kappa shape index (κ3) is 13.4. The summed E-state index contributed by atoms with van der Waals surface area (Å²) in [6, 6.07) is 0. The van der Waals surface area contributed by atoms with Gasteiger partial charge in [0.2, 0.25) is 0 Å². The van der Waals surface area contributed by atoms with E-state index in [-0.39, 0.29) is 0 Å². The fraction of sp³-hybridized carbons (Fsp3) is 0.789. The van der Waals surface area contributed by atoms with Gasteiger partial charge in [0.05, 0.1) is 0 Å². The van der Waals surface area contributed by atoms with Crippen molar-refractivity contribution in [3.8, 4) is 17.8 Å². The van der Waals surface area contributed by atoms with Gasteiger partial charge < -0.3 is 0 Å². The van der Waals surface area contributed by atoms with Crippen molar-refractivity contribution in [2.75, 3.05) is 0 Å². The van der Waals surface area contributed by atoms with Crippen molar-refractivity contribution in [3.05, 3.63) is 6.42 Å². The van der Waals surface area contributed by atoms with Crippen molar-refractivity contribution >= 4 is 0 Å². The van der Waals surface area contributed by atoms with E-state index in [2.05, 4.69) is 31.6 Å². The summed E-state index contributed by atoms with van der Waals surface area (Å²) in [4.78, 5) is 0. The highest BCUT2D eigenvalue weighted by Crippen LogP contribution is 2.13. The van der Waals surface area contributed by atoms with Crippen molar-refractivity contribution in [3.63, 3.8) is 0 Å². The third-order valence-electron chi connectivity index (χ3n) is 3.56. The van der Waals surface area contributed by atoms with Crippen LogP contribution in [0.4, 0.5) is 0 Å². The van der Waals surface area contributed by atoms with Gasteiger partial charge in [-0.05, 0) is 32.1 Å². The monoisotopic (exact) mass is 259 g/mol. The Morgan fingerprint density at radius 2 is 1.53 bits per heavy atom. The second kappa shape index (κ2) is 15.2. The number of hydrogen-bond acceptors (Lipinski definition) is 0. The predicted octanol–water partition coefficient (Wildman–Crippen LogP) is 5.92. The summed E-state index contributed by atoms with van der Waals surface area (Å²) in [5.74, 6) is 9.87. The lowest BCUT2D eigenvalue weighted by atomic mass is 9.98. The molecule has 0 saturated heterocycles. The molecule has 1 unspecified atom stereocenters. The highest BCUT2D eigenvalue weighted by molar-refractivity contribution is 5.03. The van der Waals surface area contributed by atoms with Crippen LogP contribution >= 0.6 is 0 Å². The van der Waals surface area contributed by atoms with E-state index in [9.17, 15) is 0 Å². The molecule has 19 heavy (non-hydrogen) atoms. The van der Waals surface area contributed by atoms with E-state index in [4.69, 9.17) is 6.42 Å². The number of rotatable bonds is 11. The predicted molar refractivity (Wildman–Crippen MR) is 85.1 cm³/mol. The van der Waals surface area contributed by atoms with Crippen LogP contribution in [0.3, 0.4) is 0 Å². The van der Waals surface area contributed by atoms with Gasteiger partial charge in [0.25, 0.3) is 0 Å². The molecule has 107 valence electrons. The molecular weight excluding hydrogens is 228 g/mol. The topological polar surface area (TPSA) is 0 Å². The first-order chi connectivity index (χ1) is 9.35. The van der Waals surface area contributed by atoms with E-state index < -0.39 is 0 Å². The van der Waals surface area contributed by atoms with E-state index in [1.165, 1.54) is 57.8 Å². The Morgan fingerprint density at radius 3 is 2.21 bits per heavy atom. The zero-order valence-corrected chi connectivity index (χ0v) is 13.1. The Labute approximate surface area is 121 Å². The largest absolute Gasteiger partial charge is 0.103 e. The zero-order valence-electron chi connectivity index (χ0n) is 13.1. The van der Waals surface area contributed by atoms with Crippen LogP contribution in [-0.2, 0) is 0 Å². The van der Waals surface area contributed by atoms with Crippen LogP contribution in [0.1, 0.15) is 90.9 Å². The standard InChI is InChI=1S/C19H31/c1-4-7-9-11-12-14-16-18-19(6-3)17-15-13-10-8-5-2/h19H,4,6-15,17H2,1,3H3. The maximum atomic E-state index is 6.86. The van der Waals surface area contributed by atoms with Crippen LogP contribution in [0.5, 0.6) is 0 Å². The van der Waals surface area contributed by atoms with Crippen LogP contribution in [0.2, 0.25) is 0 Å². The number of hydrogen-bond donors (Lipinski definition) is 0. The fourth-order valence-electron chi connectivity index (χ4n) is 2.19. The average Bonchev–Trinajstić information content (AvgIpc) is 2.44. The Balaban J connectivity index is 3.54. The highest BCUT2D eigenvalue weighted by Gasteiger charge is 2.01. The van der Waals surface area contributed by atoms with Crippen molar-refractivity contribution in [2.45, 2.75) is 90.9 Å². The molecule has 0 aliphatic rings. The van der Waals surface area contributed by atoms with Crippen LogP contribution in [0.25, 0.3) is 0 Å². The van der Waals surface area contributed by atoms with Crippen LogP contribution in [-0.4, -0.2) is 0 Å². The van der Waals surface area contributed by atoms with Gasteiger partial charge in [-0.2, -0.15) is 0 Å². The summed E-state index contributed by atoms with van der Waals surface area (Å²) in [7, 11) is 0. The molecule has 0 aromatic heterocycles. The molecule has 0 spiro atoms. The molecule has 0 nitrogen and oxygen atoms in total. The summed E-state index contributed by atoms with van der Waals surface area (Å²) in [6.07, 6.45) is 21.5. The molecule has 1 radical (unpaired) electrons. The molecule has 0 saturated carbocycles. The molecule has 0 amide bonds. The van der Waals surface area contributed by atoms with Gasteiger partial charge in [-0.25, -0.2) is 0 Å². The van der Waals surface area contributed by atoms with Gasteiger partial charge >= 0.3 is 0 Å². The van der Waals surface area contributed by atoms with Crippen molar-refractivity contribution < 1.29 is 0 Å². The molecular formula is C19H31. The second-order valence-corrected chi connectivity index (χ2v) is 5.37. The quantitative estimate of drug-likeness (QED) is 0.319. The summed E-state index contributed by atoms with van der Waals surface area (Å²) in [6.45, 7) is 4.50. The Kier molecular flexibility index (Phi) is 14.5. The van der Waals surface area contributed by atoms with Gasteiger partial charge in [0.15, 0.2) is 0 Å². The summed E-state index contributed by atoms with van der Waals surface area (Å²) in [5.41, 5.74) is 0. The minimum atomic E-state index is 0.597. The molecule has 0 aliphatic carbocycles. The maximum absolute atomic E-state index is 6.86. The molecule has 0 N–H and O–H groups in total. The Morgan fingerprint density at radius 1 is 0.842 bits per heavy atom. The first kappa shape index (κ1) is 18.1. The lowest BCUT2D eigenvalue weighted by Gasteiger charge is -2.06. The molecule has 1 atom stereocenters. The van der Waals surface area contributed by atoms with E-state index in [1.54, 1.807) is 0 Å². The highest BCUT2D eigenvalue weighted by atomic mass is 14.0. The first-order valence-corrected chi connectivity index (χ1v) is 8.23. The second-order valence-electron chi connectivity index (χ2n) is 5.37. The number of unbranched alkanes of at least 4 members (excludes halogenated alkanes) is 8. The van der Waals surface area contributed by atoms with Crippen LogP contribution in [0.15, 0.2) is 0 Å². The lowest BCUT2D eigenvalue weighted by Crippen LogP contribution is -1.95. The maximum Gasteiger partial charge on any atom is 0.0200 e. The van der Waals surface area contributed by atoms with Gasteiger partial charge in [0.1, 0.15) is 0 Å². The minimum absolute atomic E-state index is 0.597. The molecule has 0 rings (SSSR count). The lowest BCUT2D eigenvalue weighted by molar-refractivity contribution is 0.535. The van der Waals surface area contributed by atoms with Crippen molar-refractivity contribution in [1.29, 1.82) is 0 Å². The van der Waals surface area contributed by atoms with Gasteiger partial charge in [-0.1, -0.05) is 64.2 Å². The first-order valence-electron chi connectivity index (χ1n) is 8.23. The molecule has 0 aromatic rings. The van der Waals surface area contributed by atoms with E-state index >= 15 is 0 Å². The third-order valence-corrected chi connectivity index (χ3v) is 3.56. The molecule has 0 fully saturated rings. The molecule has 0 heterocycles. The summed E-state index contributed by atoms with van der Waals surface area (Å²) < 4.78 is 0. The van der Waals surface area contributed by atoms with Gasteiger partial charge in [-0.3, -0.25) is 0 Å². The summed E-state index contributed by atoms with van der Waals surface area (Å²) in [5, 5.41) is 0. The summed E-state index contributed by atoms with van der Waals surface area (Å²) >= 11 is 0. The average molecular weight is 259 g/mol. The van der Waals surface area contributed by atoms with E-state index in [0.29, 0.717) is 5.92 Å². The van der Waals surface area contributed by atoms with Gasteiger partial charge in [0, 0.05) is 18.8 Å². The van der Waals surface area contributed by atoms with Crippen LogP contribution in [0, 0.1) is 30.1 Å². The molecule has 0 bridgehead atoms. The Hall–Kier alpha value is -0.880. The van der Waals surface area contributed by atoms with E-state index in [1.807, 2.05) is 0 Å².